The lowest BCUT2D eigenvalue weighted by molar-refractivity contribution is -0.120. The summed E-state index contributed by atoms with van der Waals surface area (Å²) in [6, 6.07) is 31.3. The second-order valence-corrected chi connectivity index (χ2v) is 10.0. The Labute approximate surface area is 217 Å². The highest BCUT2D eigenvalue weighted by Gasteiger charge is 2.30. The van der Waals surface area contributed by atoms with Gasteiger partial charge in [0.05, 0.1) is 30.8 Å². The summed E-state index contributed by atoms with van der Waals surface area (Å²) in [4.78, 5) is 13.5. The molecular formula is C29H28N2O5S. The number of nitrogens with zero attached hydrogens (tertiary/aromatic N) is 1. The highest BCUT2D eigenvalue weighted by Crippen LogP contribution is 2.33. The van der Waals surface area contributed by atoms with Crippen LogP contribution in [0, 0.1) is 0 Å². The zero-order chi connectivity index (χ0) is 26.3. The number of anilines is 1. The number of carbonyl (C=O) groups excluding carboxylic acids is 1. The second-order valence-electron chi connectivity index (χ2n) is 8.18. The molecule has 0 saturated heterocycles. The molecule has 8 heteroatoms. The van der Waals surface area contributed by atoms with Crippen molar-refractivity contribution in [2.24, 2.45) is 0 Å². The third-order valence-electron chi connectivity index (χ3n) is 5.86. The summed E-state index contributed by atoms with van der Waals surface area (Å²) in [5, 5.41) is 3.02. The van der Waals surface area contributed by atoms with E-state index in [-0.39, 0.29) is 10.6 Å². The van der Waals surface area contributed by atoms with Crippen molar-refractivity contribution in [3.63, 3.8) is 0 Å². The van der Waals surface area contributed by atoms with Gasteiger partial charge < -0.3 is 14.8 Å². The summed E-state index contributed by atoms with van der Waals surface area (Å²) in [6.45, 7) is -0.453. The van der Waals surface area contributed by atoms with E-state index in [0.29, 0.717) is 11.5 Å². The molecule has 190 valence electrons. The summed E-state index contributed by atoms with van der Waals surface area (Å²) in [5.41, 5.74) is 2.01. The van der Waals surface area contributed by atoms with Gasteiger partial charge in [0, 0.05) is 0 Å². The van der Waals surface area contributed by atoms with Gasteiger partial charge in [0.2, 0.25) is 5.91 Å². The van der Waals surface area contributed by atoms with Crippen molar-refractivity contribution in [2.45, 2.75) is 10.9 Å². The van der Waals surface area contributed by atoms with Crippen LogP contribution in [-0.4, -0.2) is 35.1 Å². The number of benzene rings is 4. The van der Waals surface area contributed by atoms with Crippen LogP contribution in [0.1, 0.15) is 17.2 Å². The molecule has 0 aliphatic carbocycles. The first kappa shape index (κ1) is 25.8. The van der Waals surface area contributed by atoms with E-state index in [1.807, 2.05) is 60.7 Å². The molecule has 0 fully saturated rings. The van der Waals surface area contributed by atoms with Crippen LogP contribution in [0.25, 0.3) is 0 Å². The molecule has 0 aromatic heterocycles. The van der Waals surface area contributed by atoms with E-state index in [1.54, 1.807) is 36.4 Å². The van der Waals surface area contributed by atoms with Crippen molar-refractivity contribution in [3.05, 3.63) is 120 Å². The maximum atomic E-state index is 13.8. The Morgan fingerprint density at radius 1 is 0.757 bits per heavy atom. The lowest BCUT2D eigenvalue weighted by Gasteiger charge is -2.27. The van der Waals surface area contributed by atoms with E-state index < -0.39 is 28.5 Å². The highest BCUT2D eigenvalue weighted by atomic mass is 32.2. The van der Waals surface area contributed by atoms with Gasteiger partial charge in [-0.05, 0) is 47.5 Å². The third-order valence-corrected chi connectivity index (χ3v) is 7.63. The van der Waals surface area contributed by atoms with Gasteiger partial charge in [-0.25, -0.2) is 8.42 Å². The molecule has 0 aliphatic rings. The summed E-state index contributed by atoms with van der Waals surface area (Å²) in [6.07, 6.45) is 0. The summed E-state index contributed by atoms with van der Waals surface area (Å²) >= 11 is 0. The molecule has 1 N–H and O–H groups in total. The summed E-state index contributed by atoms with van der Waals surface area (Å²) < 4.78 is 39.3. The van der Waals surface area contributed by atoms with Gasteiger partial charge in [0.15, 0.2) is 0 Å². The van der Waals surface area contributed by atoms with Gasteiger partial charge in [-0.15, -0.1) is 0 Å². The predicted octanol–water partition coefficient (Wildman–Crippen LogP) is 4.80. The topological polar surface area (TPSA) is 84.9 Å². The van der Waals surface area contributed by atoms with Crippen LogP contribution < -0.4 is 19.1 Å². The van der Waals surface area contributed by atoms with Gasteiger partial charge in [-0.3, -0.25) is 9.10 Å². The van der Waals surface area contributed by atoms with Crippen molar-refractivity contribution in [3.8, 4) is 11.5 Å². The van der Waals surface area contributed by atoms with Gasteiger partial charge in [0.25, 0.3) is 10.0 Å². The average Bonchev–Trinajstić information content (AvgIpc) is 2.95. The number of rotatable bonds is 10. The maximum Gasteiger partial charge on any atom is 0.264 e. The van der Waals surface area contributed by atoms with E-state index in [1.165, 1.54) is 26.4 Å². The molecule has 0 heterocycles. The van der Waals surface area contributed by atoms with E-state index in [9.17, 15) is 13.2 Å². The standard InChI is InChI=1S/C29H28N2O5S/c1-35-24-17-19-25(20-18-24)37(33,34)31(26-15-9-10-16-27(26)36-2)21-28(32)30-29(22-11-5-3-6-12-22)23-13-7-4-8-14-23/h3-20,29H,21H2,1-2H3,(H,30,32). The Morgan fingerprint density at radius 3 is 1.84 bits per heavy atom. The van der Waals surface area contributed by atoms with Crippen molar-refractivity contribution < 1.29 is 22.7 Å². The van der Waals surface area contributed by atoms with Crippen LogP contribution in [0.2, 0.25) is 0 Å². The molecule has 0 saturated carbocycles. The minimum atomic E-state index is -4.13. The molecule has 0 unspecified atom stereocenters. The number of ether oxygens (including phenoxy) is 2. The van der Waals surface area contributed by atoms with Crippen LogP contribution in [0.3, 0.4) is 0 Å². The number of para-hydroxylation sites is 2. The third kappa shape index (κ3) is 5.92. The molecular weight excluding hydrogens is 488 g/mol. The molecule has 4 aromatic rings. The van der Waals surface area contributed by atoms with Crippen molar-refractivity contribution >= 4 is 21.6 Å². The van der Waals surface area contributed by atoms with Crippen molar-refractivity contribution in [1.82, 2.24) is 5.32 Å². The molecule has 4 aromatic carbocycles. The lowest BCUT2D eigenvalue weighted by atomic mass is 9.99. The Balaban J connectivity index is 1.71. The van der Waals surface area contributed by atoms with Crippen molar-refractivity contribution in [2.75, 3.05) is 25.1 Å². The summed E-state index contributed by atoms with van der Waals surface area (Å²) in [7, 11) is -1.17. The van der Waals surface area contributed by atoms with Gasteiger partial charge in [0.1, 0.15) is 18.0 Å². The predicted molar refractivity (Wildman–Crippen MR) is 143 cm³/mol. The Morgan fingerprint density at radius 2 is 1.30 bits per heavy atom. The fourth-order valence-electron chi connectivity index (χ4n) is 4.00. The molecule has 4 rings (SSSR count). The minimum absolute atomic E-state index is 0.0228. The van der Waals surface area contributed by atoms with E-state index in [0.717, 1.165) is 15.4 Å². The van der Waals surface area contributed by atoms with Crippen LogP contribution in [0.5, 0.6) is 11.5 Å². The molecule has 0 atom stereocenters. The number of amides is 1. The SMILES string of the molecule is COc1ccc(S(=O)(=O)N(CC(=O)NC(c2ccccc2)c2ccccc2)c2ccccc2OC)cc1. The number of hydrogen-bond acceptors (Lipinski definition) is 5. The van der Waals surface area contributed by atoms with Gasteiger partial charge in [-0.2, -0.15) is 0 Å². The van der Waals surface area contributed by atoms with Gasteiger partial charge >= 0.3 is 0 Å². The Bertz CT molecular complexity index is 1390. The fraction of sp³-hybridized carbons (Fsp3) is 0.138. The minimum Gasteiger partial charge on any atom is -0.497 e. The Hall–Kier alpha value is -4.30. The van der Waals surface area contributed by atoms with E-state index >= 15 is 0 Å². The number of carbonyl (C=O) groups is 1. The molecule has 0 radical (unpaired) electrons. The zero-order valence-electron chi connectivity index (χ0n) is 20.6. The molecule has 7 nitrogen and oxygen atoms in total. The van der Waals surface area contributed by atoms with Crippen LogP contribution >= 0.6 is 0 Å². The Kier molecular flexibility index (Phi) is 8.10. The number of hydrogen-bond donors (Lipinski definition) is 1. The number of sulfonamides is 1. The molecule has 0 aliphatic heterocycles. The average molecular weight is 517 g/mol. The van der Waals surface area contributed by atoms with Crippen LogP contribution in [0.15, 0.2) is 114 Å². The smallest absolute Gasteiger partial charge is 0.264 e. The second kappa shape index (κ2) is 11.6. The highest BCUT2D eigenvalue weighted by molar-refractivity contribution is 7.92. The molecule has 37 heavy (non-hydrogen) atoms. The first-order chi connectivity index (χ1) is 17.9. The first-order valence-electron chi connectivity index (χ1n) is 11.6. The first-order valence-corrected chi connectivity index (χ1v) is 13.1. The maximum absolute atomic E-state index is 13.8. The summed E-state index contributed by atoms with van der Waals surface area (Å²) in [5.74, 6) is 0.379. The number of methoxy groups -OCH3 is 2. The van der Waals surface area contributed by atoms with E-state index in [4.69, 9.17) is 9.47 Å². The monoisotopic (exact) mass is 516 g/mol. The largest absolute Gasteiger partial charge is 0.497 e. The van der Waals surface area contributed by atoms with Crippen LogP contribution in [0.4, 0.5) is 5.69 Å². The van der Waals surface area contributed by atoms with E-state index in [2.05, 4.69) is 5.32 Å². The molecule has 1 amide bonds. The zero-order valence-corrected chi connectivity index (χ0v) is 21.4. The normalized spacial score (nSPS) is 11.1. The number of nitrogens with one attached hydrogen (secondary N) is 1. The molecule has 0 spiro atoms. The molecule has 0 bridgehead atoms. The quantitative estimate of drug-likeness (QED) is 0.327. The van der Waals surface area contributed by atoms with Crippen molar-refractivity contribution in [1.29, 1.82) is 0 Å². The fourth-order valence-corrected chi connectivity index (χ4v) is 5.43. The van der Waals surface area contributed by atoms with Gasteiger partial charge in [-0.1, -0.05) is 72.8 Å². The van der Waals surface area contributed by atoms with Crippen LogP contribution in [-0.2, 0) is 14.8 Å². The lowest BCUT2D eigenvalue weighted by Crippen LogP contribution is -2.42.